The van der Waals surface area contributed by atoms with Gasteiger partial charge in [-0.25, -0.2) is 4.98 Å². The van der Waals surface area contributed by atoms with Gasteiger partial charge in [0.15, 0.2) is 0 Å². The molecule has 0 atom stereocenters. The summed E-state index contributed by atoms with van der Waals surface area (Å²) in [6.07, 6.45) is -0.574. The van der Waals surface area contributed by atoms with E-state index in [2.05, 4.69) is 16.2 Å². The molecule has 1 heterocycles. The van der Waals surface area contributed by atoms with Gasteiger partial charge >= 0.3 is 6.18 Å². The minimum atomic E-state index is -4.37. The fraction of sp³-hybridized carbons (Fsp3) is 0.100. The van der Waals surface area contributed by atoms with E-state index in [9.17, 15) is 13.2 Å². The van der Waals surface area contributed by atoms with Gasteiger partial charge in [-0.3, -0.25) is 0 Å². The Labute approximate surface area is 83.8 Å². The van der Waals surface area contributed by atoms with E-state index in [0.717, 1.165) is 6.07 Å². The van der Waals surface area contributed by atoms with Gasteiger partial charge in [0.2, 0.25) is 0 Å². The highest BCUT2D eigenvalue weighted by molar-refractivity contribution is 5.60. The molecule has 0 aliphatic carbocycles. The normalized spacial score (nSPS) is 11.7. The van der Waals surface area contributed by atoms with Crippen LogP contribution in [-0.2, 0) is 6.18 Å². The number of alkyl halides is 3. The Kier molecular flexibility index (Phi) is 2.22. The van der Waals surface area contributed by atoms with Gasteiger partial charge in [-0.1, -0.05) is 18.2 Å². The van der Waals surface area contributed by atoms with Gasteiger partial charge in [-0.05, 0) is 6.07 Å². The summed E-state index contributed by atoms with van der Waals surface area (Å²) in [5.41, 5.74) is -0.667. The molecule has 0 aliphatic rings. The number of aromatic amines is 1. The average molecular weight is 211 g/mol. The smallest absolute Gasteiger partial charge is 0.344 e. The van der Waals surface area contributed by atoms with E-state index in [-0.39, 0.29) is 11.4 Å². The van der Waals surface area contributed by atoms with E-state index >= 15 is 0 Å². The number of hydrogen-bond acceptors (Lipinski definition) is 1. The van der Waals surface area contributed by atoms with Gasteiger partial charge in [0.25, 0.3) is 0 Å². The van der Waals surface area contributed by atoms with Crippen LogP contribution in [0.1, 0.15) is 5.56 Å². The topological polar surface area (TPSA) is 28.7 Å². The molecular formula is C10H6F3N2. The van der Waals surface area contributed by atoms with Crippen molar-refractivity contribution in [3.8, 4) is 11.4 Å². The molecule has 0 spiro atoms. The molecule has 2 nitrogen and oxygen atoms in total. The summed E-state index contributed by atoms with van der Waals surface area (Å²) in [5, 5.41) is 0. The molecule has 77 valence electrons. The number of H-pyrrole nitrogens is 1. The lowest BCUT2D eigenvalue weighted by Gasteiger charge is -2.10. The summed E-state index contributed by atoms with van der Waals surface area (Å²) >= 11 is 0. The summed E-state index contributed by atoms with van der Waals surface area (Å²) in [6.45, 7) is 0. The molecule has 0 saturated heterocycles. The van der Waals surface area contributed by atoms with Crippen LogP contribution in [0.15, 0.2) is 30.5 Å². The molecule has 1 aromatic heterocycles. The zero-order chi connectivity index (χ0) is 10.9. The minimum absolute atomic E-state index is 0.0336. The monoisotopic (exact) mass is 211 g/mol. The summed E-state index contributed by atoms with van der Waals surface area (Å²) in [6, 6.07) is 5.28. The molecular weight excluding hydrogens is 205 g/mol. The third-order valence-electron chi connectivity index (χ3n) is 1.94. The first-order valence-electron chi connectivity index (χ1n) is 4.17. The molecule has 0 amide bonds. The van der Waals surface area contributed by atoms with Crippen molar-refractivity contribution in [2.45, 2.75) is 6.18 Å². The highest BCUT2D eigenvalue weighted by Crippen LogP contribution is 2.35. The van der Waals surface area contributed by atoms with Crippen LogP contribution < -0.4 is 0 Å². The van der Waals surface area contributed by atoms with Crippen molar-refractivity contribution in [3.05, 3.63) is 42.2 Å². The molecule has 1 radical (unpaired) electrons. The van der Waals surface area contributed by atoms with Crippen molar-refractivity contribution >= 4 is 0 Å². The number of imidazole rings is 1. The van der Waals surface area contributed by atoms with E-state index < -0.39 is 11.7 Å². The Morgan fingerprint density at radius 2 is 1.93 bits per heavy atom. The second-order valence-electron chi connectivity index (χ2n) is 2.92. The molecule has 15 heavy (non-hydrogen) atoms. The molecule has 2 aromatic rings. The van der Waals surface area contributed by atoms with Crippen molar-refractivity contribution in [1.29, 1.82) is 0 Å². The van der Waals surface area contributed by atoms with Gasteiger partial charge in [-0.15, -0.1) is 0 Å². The minimum Gasteiger partial charge on any atom is -0.344 e. The zero-order valence-electron chi connectivity index (χ0n) is 7.47. The highest BCUT2D eigenvalue weighted by atomic mass is 19.4. The standard InChI is InChI=1S/C10H6F3N2/c11-10(12,13)8-4-2-1-3-7(8)9-14-5-6-15-9/h1-5H,(H,14,15). The Hall–Kier alpha value is -1.78. The van der Waals surface area contributed by atoms with Gasteiger partial charge in [0.1, 0.15) is 12.0 Å². The van der Waals surface area contributed by atoms with Crippen molar-refractivity contribution in [2.75, 3.05) is 0 Å². The first-order valence-corrected chi connectivity index (χ1v) is 4.17. The van der Waals surface area contributed by atoms with Gasteiger partial charge in [-0.2, -0.15) is 13.2 Å². The summed E-state index contributed by atoms with van der Waals surface area (Å²) in [4.78, 5) is 6.28. The van der Waals surface area contributed by atoms with Gasteiger partial charge in [0, 0.05) is 11.8 Å². The van der Waals surface area contributed by atoms with E-state index in [1.54, 1.807) is 0 Å². The fourth-order valence-corrected chi connectivity index (χ4v) is 1.30. The molecule has 0 bridgehead atoms. The molecule has 0 unspecified atom stereocenters. The molecule has 0 aliphatic heterocycles. The second-order valence-corrected chi connectivity index (χ2v) is 2.92. The van der Waals surface area contributed by atoms with Crippen LogP contribution in [-0.4, -0.2) is 9.97 Å². The van der Waals surface area contributed by atoms with Crippen LogP contribution in [0.3, 0.4) is 0 Å². The van der Waals surface area contributed by atoms with Crippen LogP contribution in [0.25, 0.3) is 11.4 Å². The number of halogens is 3. The molecule has 5 heteroatoms. The Balaban J connectivity index is 2.58. The summed E-state index contributed by atoms with van der Waals surface area (Å²) < 4.78 is 37.8. The Morgan fingerprint density at radius 3 is 2.53 bits per heavy atom. The fourth-order valence-electron chi connectivity index (χ4n) is 1.30. The maximum Gasteiger partial charge on any atom is 0.417 e. The van der Waals surface area contributed by atoms with Crippen molar-refractivity contribution in [3.63, 3.8) is 0 Å². The lowest BCUT2D eigenvalue weighted by Crippen LogP contribution is -2.07. The van der Waals surface area contributed by atoms with Crippen molar-refractivity contribution < 1.29 is 13.2 Å². The Bertz CT molecular complexity index is 446. The van der Waals surface area contributed by atoms with E-state index in [0.29, 0.717) is 0 Å². The first kappa shape index (κ1) is 9.76. The molecule has 0 saturated carbocycles. The van der Waals surface area contributed by atoms with Crippen LogP contribution >= 0.6 is 0 Å². The lowest BCUT2D eigenvalue weighted by molar-refractivity contribution is -0.137. The zero-order valence-corrected chi connectivity index (χ0v) is 7.47. The quantitative estimate of drug-likeness (QED) is 0.771. The molecule has 1 N–H and O–H groups in total. The number of rotatable bonds is 1. The van der Waals surface area contributed by atoms with Gasteiger partial charge < -0.3 is 4.98 Å². The third kappa shape index (κ3) is 1.86. The lowest BCUT2D eigenvalue weighted by atomic mass is 10.1. The predicted molar refractivity (Wildman–Crippen MR) is 47.9 cm³/mol. The number of nitrogens with zero attached hydrogens (tertiary/aromatic N) is 1. The molecule has 1 aromatic carbocycles. The summed E-state index contributed by atoms with van der Waals surface area (Å²) in [7, 11) is 0. The summed E-state index contributed by atoms with van der Waals surface area (Å²) in [5.74, 6) is 0.169. The van der Waals surface area contributed by atoms with Crippen LogP contribution in [0, 0.1) is 6.20 Å². The highest BCUT2D eigenvalue weighted by Gasteiger charge is 2.33. The van der Waals surface area contributed by atoms with Gasteiger partial charge in [0.05, 0.1) is 5.56 Å². The average Bonchev–Trinajstić information content (AvgIpc) is 2.69. The SMILES string of the molecule is FC(F)(F)c1ccccc1-c1n[c]c[nH]1. The van der Waals surface area contributed by atoms with Crippen LogP contribution in [0.2, 0.25) is 0 Å². The van der Waals surface area contributed by atoms with Crippen molar-refractivity contribution in [2.24, 2.45) is 0 Å². The second kappa shape index (κ2) is 3.42. The van der Waals surface area contributed by atoms with E-state index in [1.165, 1.54) is 24.4 Å². The largest absolute Gasteiger partial charge is 0.417 e. The Morgan fingerprint density at radius 1 is 1.20 bits per heavy atom. The predicted octanol–water partition coefficient (Wildman–Crippen LogP) is 2.90. The maximum absolute atomic E-state index is 12.6. The number of benzene rings is 1. The van der Waals surface area contributed by atoms with Crippen molar-refractivity contribution in [1.82, 2.24) is 9.97 Å². The number of nitrogens with one attached hydrogen (secondary N) is 1. The first-order chi connectivity index (χ1) is 7.09. The number of hydrogen-bond donors (Lipinski definition) is 1. The van der Waals surface area contributed by atoms with E-state index in [4.69, 9.17) is 0 Å². The molecule has 0 fully saturated rings. The van der Waals surface area contributed by atoms with Crippen LogP contribution in [0.4, 0.5) is 13.2 Å². The maximum atomic E-state index is 12.6. The van der Waals surface area contributed by atoms with E-state index in [1.807, 2.05) is 0 Å². The number of aromatic nitrogens is 2. The van der Waals surface area contributed by atoms with Crippen LogP contribution in [0.5, 0.6) is 0 Å². The third-order valence-corrected chi connectivity index (χ3v) is 1.94. The molecule has 2 rings (SSSR count).